The molecular formula is C35H25F3O. The Bertz CT molecular complexity index is 1740. The summed E-state index contributed by atoms with van der Waals surface area (Å²) >= 11 is 0. The van der Waals surface area contributed by atoms with Gasteiger partial charge in [-0.05, 0) is 45.8 Å². The Balaban J connectivity index is 1.54. The van der Waals surface area contributed by atoms with Crippen LogP contribution in [-0.4, -0.2) is 0 Å². The molecule has 7 rings (SSSR count). The van der Waals surface area contributed by atoms with E-state index in [0.717, 1.165) is 49.9 Å². The van der Waals surface area contributed by atoms with Crippen molar-refractivity contribution < 1.29 is 17.9 Å². The van der Waals surface area contributed by atoms with Crippen LogP contribution >= 0.6 is 0 Å². The van der Waals surface area contributed by atoms with E-state index in [0.29, 0.717) is 5.56 Å². The van der Waals surface area contributed by atoms with Gasteiger partial charge in [-0.1, -0.05) is 111 Å². The maximum absolute atomic E-state index is 13.7. The highest BCUT2D eigenvalue weighted by Gasteiger charge is 2.45. The van der Waals surface area contributed by atoms with Crippen LogP contribution in [0, 0.1) is 0 Å². The highest BCUT2D eigenvalue weighted by atomic mass is 19.4. The number of alkyl halides is 3. The number of benzene rings is 5. The quantitative estimate of drug-likeness (QED) is 0.226. The van der Waals surface area contributed by atoms with E-state index in [4.69, 9.17) is 4.74 Å². The van der Waals surface area contributed by atoms with Crippen LogP contribution in [0.4, 0.5) is 13.2 Å². The number of hydrogen-bond donors (Lipinski definition) is 0. The molecule has 0 bridgehead atoms. The van der Waals surface area contributed by atoms with Crippen LogP contribution in [0.5, 0.6) is 5.75 Å². The van der Waals surface area contributed by atoms with Crippen LogP contribution in [0.2, 0.25) is 0 Å². The van der Waals surface area contributed by atoms with Gasteiger partial charge in [-0.25, -0.2) is 0 Å². The highest BCUT2D eigenvalue weighted by Crippen LogP contribution is 2.58. The van der Waals surface area contributed by atoms with E-state index in [1.54, 1.807) is 6.07 Å². The molecule has 1 nitrogen and oxygen atoms in total. The lowest BCUT2D eigenvalue weighted by Gasteiger charge is -2.38. The summed E-state index contributed by atoms with van der Waals surface area (Å²) in [7, 11) is 0. The number of fused-ring (bicyclic) bond motifs is 8. The summed E-state index contributed by atoms with van der Waals surface area (Å²) in [5.74, 6) is 0.747. The van der Waals surface area contributed by atoms with Gasteiger partial charge >= 0.3 is 6.18 Å². The summed E-state index contributed by atoms with van der Waals surface area (Å²) in [6, 6.07) is 32.5. The first-order valence-corrected chi connectivity index (χ1v) is 13.0. The molecule has 1 aliphatic heterocycles. The van der Waals surface area contributed by atoms with Crippen molar-refractivity contribution in [2.24, 2.45) is 0 Å². The molecule has 0 unspecified atom stereocenters. The lowest BCUT2D eigenvalue weighted by molar-refractivity contribution is -0.137. The van der Waals surface area contributed by atoms with Crippen LogP contribution in [0.25, 0.3) is 28.0 Å². The lowest BCUT2D eigenvalue weighted by Crippen LogP contribution is -2.35. The third-order valence-electron chi connectivity index (χ3n) is 8.27. The fourth-order valence-corrected chi connectivity index (χ4v) is 6.46. The first-order chi connectivity index (χ1) is 18.7. The van der Waals surface area contributed by atoms with Crippen molar-refractivity contribution in [2.75, 3.05) is 0 Å². The van der Waals surface area contributed by atoms with Gasteiger partial charge in [-0.2, -0.15) is 13.2 Å². The van der Waals surface area contributed by atoms with E-state index in [1.807, 2.05) is 74.5 Å². The van der Waals surface area contributed by atoms with E-state index in [-0.39, 0.29) is 0 Å². The van der Waals surface area contributed by atoms with Crippen LogP contribution in [0.3, 0.4) is 0 Å². The molecule has 1 aliphatic carbocycles. The molecule has 192 valence electrons. The van der Waals surface area contributed by atoms with E-state index in [2.05, 4.69) is 36.4 Å². The minimum atomic E-state index is -4.41. The summed E-state index contributed by atoms with van der Waals surface area (Å²) in [5, 5.41) is 1.92. The maximum atomic E-state index is 13.7. The van der Waals surface area contributed by atoms with E-state index >= 15 is 0 Å². The molecule has 5 aromatic rings. The molecule has 0 aromatic heterocycles. The van der Waals surface area contributed by atoms with Crippen molar-refractivity contribution in [1.82, 2.24) is 0 Å². The summed E-state index contributed by atoms with van der Waals surface area (Å²) in [6.45, 7) is 4.02. The summed E-state index contributed by atoms with van der Waals surface area (Å²) in [4.78, 5) is 0. The van der Waals surface area contributed by atoms with Crippen molar-refractivity contribution in [3.63, 3.8) is 0 Å². The van der Waals surface area contributed by atoms with Crippen molar-refractivity contribution in [1.29, 1.82) is 0 Å². The molecule has 0 spiro atoms. The zero-order valence-electron chi connectivity index (χ0n) is 21.5. The standard InChI is InChI=1S/C35H25F3O/c1-33(2)29-21-24(35(36,37)38)17-18-27(29)30-25-15-9-10-16-26(25)32-28(31(30)33)19-20-34(39-32,22-11-5-3-6-12-22)23-13-7-4-8-14-23/h3-21H,1-2H3. The van der Waals surface area contributed by atoms with Crippen molar-refractivity contribution in [2.45, 2.75) is 31.0 Å². The van der Waals surface area contributed by atoms with E-state index < -0.39 is 22.8 Å². The molecule has 2 aliphatic rings. The third kappa shape index (κ3) is 3.34. The zero-order valence-corrected chi connectivity index (χ0v) is 21.5. The SMILES string of the molecule is CC1(C)c2cc(C(F)(F)F)ccc2-c2c1c1c(c3ccccc23)OC(c2ccccc2)(c2ccccc2)C=C1. The molecule has 0 atom stereocenters. The topological polar surface area (TPSA) is 9.23 Å². The predicted octanol–water partition coefficient (Wildman–Crippen LogP) is 9.51. The number of hydrogen-bond acceptors (Lipinski definition) is 1. The zero-order chi connectivity index (χ0) is 27.0. The van der Waals surface area contributed by atoms with Gasteiger partial charge in [0.2, 0.25) is 0 Å². The molecule has 0 amide bonds. The van der Waals surface area contributed by atoms with Gasteiger partial charge < -0.3 is 4.74 Å². The van der Waals surface area contributed by atoms with Crippen molar-refractivity contribution in [3.05, 3.63) is 143 Å². The summed E-state index contributed by atoms with van der Waals surface area (Å²) in [5.41, 5.74) is 4.29. The van der Waals surface area contributed by atoms with E-state index in [9.17, 15) is 13.2 Å². The largest absolute Gasteiger partial charge is 0.472 e. The summed E-state index contributed by atoms with van der Waals surface area (Å²) < 4.78 is 48.4. The Morgan fingerprint density at radius 3 is 1.90 bits per heavy atom. The minimum Gasteiger partial charge on any atom is -0.472 e. The van der Waals surface area contributed by atoms with Gasteiger partial charge in [0.1, 0.15) is 5.75 Å². The number of ether oxygens (including phenoxy) is 1. The first kappa shape index (κ1) is 23.8. The van der Waals surface area contributed by atoms with Crippen molar-refractivity contribution in [3.8, 4) is 16.9 Å². The van der Waals surface area contributed by atoms with Crippen LogP contribution < -0.4 is 4.74 Å². The second kappa shape index (κ2) is 8.09. The average Bonchev–Trinajstić information content (AvgIpc) is 3.20. The van der Waals surface area contributed by atoms with Gasteiger partial charge in [0, 0.05) is 27.5 Å². The van der Waals surface area contributed by atoms with Gasteiger partial charge in [0.25, 0.3) is 0 Å². The monoisotopic (exact) mass is 518 g/mol. The number of halogens is 3. The molecular weight excluding hydrogens is 493 g/mol. The van der Waals surface area contributed by atoms with Crippen LogP contribution in [-0.2, 0) is 17.2 Å². The lowest BCUT2D eigenvalue weighted by atomic mass is 9.76. The van der Waals surface area contributed by atoms with Crippen molar-refractivity contribution >= 4 is 16.8 Å². The van der Waals surface area contributed by atoms with Gasteiger partial charge in [0.15, 0.2) is 5.60 Å². The van der Waals surface area contributed by atoms with Gasteiger partial charge in [0.05, 0.1) is 5.56 Å². The third-order valence-corrected chi connectivity index (χ3v) is 8.27. The Morgan fingerprint density at radius 2 is 1.28 bits per heavy atom. The molecule has 1 heterocycles. The molecule has 0 saturated heterocycles. The average molecular weight is 519 g/mol. The fraction of sp³-hybridized carbons (Fsp3) is 0.143. The molecule has 0 N–H and O–H groups in total. The van der Waals surface area contributed by atoms with E-state index in [1.165, 1.54) is 12.1 Å². The minimum absolute atomic E-state index is 0.626. The van der Waals surface area contributed by atoms with Crippen LogP contribution in [0.15, 0.2) is 109 Å². The Morgan fingerprint density at radius 1 is 0.692 bits per heavy atom. The molecule has 0 saturated carbocycles. The second-order valence-corrected chi connectivity index (χ2v) is 10.8. The highest BCUT2D eigenvalue weighted by molar-refractivity contribution is 6.08. The Kier molecular flexibility index (Phi) is 4.94. The Hall–Kier alpha value is -4.31. The van der Waals surface area contributed by atoms with Crippen LogP contribution in [0.1, 0.15) is 47.2 Å². The predicted molar refractivity (Wildman–Crippen MR) is 150 cm³/mol. The molecule has 39 heavy (non-hydrogen) atoms. The normalized spacial score (nSPS) is 16.3. The second-order valence-electron chi connectivity index (χ2n) is 10.8. The van der Waals surface area contributed by atoms with Gasteiger partial charge in [-0.15, -0.1) is 0 Å². The Labute approximate surface area is 225 Å². The fourth-order valence-electron chi connectivity index (χ4n) is 6.46. The molecule has 0 fully saturated rings. The molecule has 5 aromatic carbocycles. The van der Waals surface area contributed by atoms with Gasteiger partial charge in [-0.3, -0.25) is 0 Å². The summed E-state index contributed by atoms with van der Waals surface area (Å²) in [6.07, 6.45) is -0.201. The smallest absolute Gasteiger partial charge is 0.416 e. The maximum Gasteiger partial charge on any atom is 0.416 e. The first-order valence-electron chi connectivity index (χ1n) is 13.0. The molecule has 4 heteroatoms. The molecule has 0 radical (unpaired) electrons. The number of rotatable bonds is 2.